The minimum absolute atomic E-state index is 0.0258. The minimum atomic E-state index is -0.702. The van der Waals surface area contributed by atoms with E-state index in [2.05, 4.69) is 0 Å². The third-order valence-electron chi connectivity index (χ3n) is 4.89. The van der Waals surface area contributed by atoms with Gasteiger partial charge in [0.25, 0.3) is 5.91 Å². The average Bonchev–Trinajstić information content (AvgIpc) is 3.01. The molecule has 0 radical (unpaired) electrons. The second-order valence-corrected chi connectivity index (χ2v) is 7.48. The molecule has 1 aromatic rings. The number of halogens is 2. The summed E-state index contributed by atoms with van der Waals surface area (Å²) in [6.45, 7) is 2.01. The Hall–Kier alpha value is -1.30. The van der Waals surface area contributed by atoms with Crippen LogP contribution >= 0.6 is 23.2 Å². The second-order valence-electron chi connectivity index (χ2n) is 6.61. The Kier molecular flexibility index (Phi) is 5.04. The second kappa shape index (κ2) is 6.90. The van der Waals surface area contributed by atoms with Crippen LogP contribution in [0.15, 0.2) is 18.2 Å². The molecule has 0 aromatic heterocycles. The van der Waals surface area contributed by atoms with Crippen molar-refractivity contribution in [1.82, 2.24) is 9.80 Å². The van der Waals surface area contributed by atoms with Crippen molar-refractivity contribution in [2.45, 2.75) is 31.2 Å². The first-order chi connectivity index (χ1) is 11.4. The van der Waals surface area contributed by atoms with Crippen LogP contribution in [0.2, 0.25) is 10.0 Å². The van der Waals surface area contributed by atoms with E-state index in [0.717, 1.165) is 25.7 Å². The molecule has 2 amide bonds. The van der Waals surface area contributed by atoms with E-state index in [9.17, 15) is 9.59 Å². The molecule has 2 N–H and O–H groups in total. The van der Waals surface area contributed by atoms with Crippen LogP contribution in [0.5, 0.6) is 0 Å². The topological polar surface area (TPSA) is 66.6 Å². The van der Waals surface area contributed by atoms with E-state index in [1.165, 1.54) is 0 Å². The van der Waals surface area contributed by atoms with Crippen LogP contribution in [-0.4, -0.2) is 53.3 Å². The number of nitrogens with two attached hydrogens (primary N) is 1. The highest BCUT2D eigenvalue weighted by Gasteiger charge is 2.40. The lowest BCUT2D eigenvalue weighted by molar-refractivity contribution is -0.138. The van der Waals surface area contributed by atoms with Gasteiger partial charge in [-0.05, 0) is 31.0 Å². The third kappa shape index (κ3) is 3.53. The predicted molar refractivity (Wildman–Crippen MR) is 94.3 cm³/mol. The molecule has 3 rings (SSSR count). The third-order valence-corrected chi connectivity index (χ3v) is 5.32. The van der Waals surface area contributed by atoms with Gasteiger partial charge in [0.2, 0.25) is 5.91 Å². The summed E-state index contributed by atoms with van der Waals surface area (Å²) in [4.78, 5) is 28.7. The molecule has 1 heterocycles. The monoisotopic (exact) mass is 369 g/mol. The summed E-state index contributed by atoms with van der Waals surface area (Å²) in [5.41, 5.74) is 6.02. The Balaban J connectivity index is 1.62. The molecule has 1 saturated heterocycles. The highest BCUT2D eigenvalue weighted by atomic mass is 35.5. The molecule has 0 bridgehead atoms. The van der Waals surface area contributed by atoms with Gasteiger partial charge in [-0.2, -0.15) is 0 Å². The number of rotatable bonds is 2. The van der Waals surface area contributed by atoms with Crippen molar-refractivity contribution >= 4 is 35.0 Å². The number of piperazine rings is 1. The highest BCUT2D eigenvalue weighted by Crippen LogP contribution is 2.29. The molecule has 0 spiro atoms. The van der Waals surface area contributed by atoms with Crippen molar-refractivity contribution in [1.29, 1.82) is 0 Å². The van der Waals surface area contributed by atoms with Gasteiger partial charge in [0, 0.05) is 41.8 Å². The summed E-state index contributed by atoms with van der Waals surface area (Å²) in [7, 11) is 0. The van der Waals surface area contributed by atoms with Crippen molar-refractivity contribution in [2.75, 3.05) is 26.2 Å². The fourth-order valence-corrected chi connectivity index (χ4v) is 4.03. The quantitative estimate of drug-likeness (QED) is 0.870. The Morgan fingerprint density at radius 1 is 0.917 bits per heavy atom. The summed E-state index contributed by atoms with van der Waals surface area (Å²) in [5, 5.41) is 0.872. The number of benzene rings is 1. The molecule has 2 aliphatic rings. The molecule has 2 fully saturated rings. The minimum Gasteiger partial charge on any atom is -0.338 e. The zero-order chi connectivity index (χ0) is 17.3. The number of hydrogen-bond donors (Lipinski definition) is 1. The number of nitrogens with zero attached hydrogens (tertiary/aromatic N) is 2. The van der Waals surface area contributed by atoms with Crippen LogP contribution in [0.25, 0.3) is 0 Å². The number of carbonyl (C=O) groups is 2. The summed E-state index contributed by atoms with van der Waals surface area (Å²) in [5.74, 6) is -0.0901. The van der Waals surface area contributed by atoms with E-state index < -0.39 is 5.54 Å². The first-order valence-electron chi connectivity index (χ1n) is 8.23. The van der Waals surface area contributed by atoms with E-state index in [1.807, 2.05) is 0 Å². The number of hydrogen-bond acceptors (Lipinski definition) is 3. The molecule has 7 heteroatoms. The van der Waals surface area contributed by atoms with E-state index in [4.69, 9.17) is 28.9 Å². The summed E-state index contributed by atoms with van der Waals surface area (Å²) in [6, 6.07) is 4.82. The summed E-state index contributed by atoms with van der Waals surface area (Å²) >= 11 is 11.9. The van der Waals surface area contributed by atoms with Crippen LogP contribution in [0.3, 0.4) is 0 Å². The van der Waals surface area contributed by atoms with E-state index >= 15 is 0 Å². The fourth-order valence-electron chi connectivity index (χ4n) is 3.51. The van der Waals surface area contributed by atoms with E-state index in [0.29, 0.717) is 41.8 Å². The lowest BCUT2D eigenvalue weighted by Gasteiger charge is -2.38. The standard InChI is InChI=1S/C17H21Cl2N3O2/c18-13-9-12(10-14(19)11-13)15(23)21-5-7-22(8-6-21)16(24)17(20)3-1-2-4-17/h9-11H,1-8,20H2. The molecular weight excluding hydrogens is 349 g/mol. The smallest absolute Gasteiger partial charge is 0.254 e. The zero-order valence-corrected chi connectivity index (χ0v) is 14.9. The van der Waals surface area contributed by atoms with Gasteiger partial charge >= 0.3 is 0 Å². The Morgan fingerprint density at radius 2 is 1.42 bits per heavy atom. The molecule has 1 aromatic carbocycles. The van der Waals surface area contributed by atoms with Gasteiger partial charge in [-0.15, -0.1) is 0 Å². The largest absolute Gasteiger partial charge is 0.338 e. The molecule has 24 heavy (non-hydrogen) atoms. The van der Waals surface area contributed by atoms with Crippen molar-refractivity contribution in [2.24, 2.45) is 5.73 Å². The lowest BCUT2D eigenvalue weighted by Crippen LogP contribution is -2.59. The van der Waals surface area contributed by atoms with Crippen LogP contribution < -0.4 is 5.73 Å². The Labute approximate surface area is 151 Å². The first-order valence-corrected chi connectivity index (χ1v) is 8.98. The lowest BCUT2D eigenvalue weighted by atomic mass is 9.97. The van der Waals surface area contributed by atoms with Gasteiger partial charge in [0.15, 0.2) is 0 Å². The van der Waals surface area contributed by atoms with Crippen LogP contribution in [0.4, 0.5) is 0 Å². The van der Waals surface area contributed by atoms with Crippen molar-refractivity contribution in [3.05, 3.63) is 33.8 Å². The average molecular weight is 370 g/mol. The molecule has 1 aliphatic carbocycles. The molecule has 1 saturated carbocycles. The summed E-state index contributed by atoms with van der Waals surface area (Å²) < 4.78 is 0. The molecule has 0 unspecified atom stereocenters. The van der Waals surface area contributed by atoms with Gasteiger partial charge in [0.1, 0.15) is 0 Å². The molecule has 1 aliphatic heterocycles. The highest BCUT2D eigenvalue weighted by molar-refractivity contribution is 6.35. The van der Waals surface area contributed by atoms with Gasteiger partial charge < -0.3 is 15.5 Å². The normalized spacial score (nSPS) is 20.3. The molecule has 5 nitrogen and oxygen atoms in total. The molecule has 0 atom stereocenters. The van der Waals surface area contributed by atoms with Crippen molar-refractivity contribution < 1.29 is 9.59 Å². The number of amides is 2. The van der Waals surface area contributed by atoms with Crippen LogP contribution in [0.1, 0.15) is 36.0 Å². The SMILES string of the molecule is NC1(C(=O)N2CCN(C(=O)c3cc(Cl)cc(Cl)c3)CC2)CCCC1. The fraction of sp³-hybridized carbons (Fsp3) is 0.529. The maximum Gasteiger partial charge on any atom is 0.254 e. The molecular formula is C17H21Cl2N3O2. The van der Waals surface area contributed by atoms with Gasteiger partial charge in [-0.3, -0.25) is 9.59 Å². The predicted octanol–water partition coefficient (Wildman–Crippen LogP) is 2.55. The zero-order valence-electron chi connectivity index (χ0n) is 13.4. The van der Waals surface area contributed by atoms with Gasteiger partial charge in [0.05, 0.1) is 5.54 Å². The Morgan fingerprint density at radius 3 is 1.96 bits per heavy atom. The van der Waals surface area contributed by atoms with Gasteiger partial charge in [-0.1, -0.05) is 36.0 Å². The summed E-state index contributed by atoms with van der Waals surface area (Å²) in [6.07, 6.45) is 3.53. The van der Waals surface area contributed by atoms with Crippen molar-refractivity contribution in [3.8, 4) is 0 Å². The van der Waals surface area contributed by atoms with E-state index in [-0.39, 0.29) is 11.8 Å². The van der Waals surface area contributed by atoms with Crippen LogP contribution in [-0.2, 0) is 4.79 Å². The maximum absolute atomic E-state index is 12.6. The van der Waals surface area contributed by atoms with Gasteiger partial charge in [-0.25, -0.2) is 0 Å². The van der Waals surface area contributed by atoms with E-state index in [1.54, 1.807) is 28.0 Å². The van der Waals surface area contributed by atoms with Crippen LogP contribution in [0, 0.1) is 0 Å². The molecule has 130 valence electrons. The first kappa shape index (κ1) is 17.5. The Bertz CT molecular complexity index is 631. The maximum atomic E-state index is 12.6. The van der Waals surface area contributed by atoms with Crippen molar-refractivity contribution in [3.63, 3.8) is 0 Å². The number of carbonyl (C=O) groups excluding carboxylic acids is 2.